The second kappa shape index (κ2) is 4.76. The molecule has 0 aliphatic carbocycles. The molecule has 16 heavy (non-hydrogen) atoms. The second-order valence-electron chi connectivity index (χ2n) is 3.73. The molecule has 2 rings (SSSR count). The summed E-state index contributed by atoms with van der Waals surface area (Å²) in [6.07, 6.45) is 2.22. The average molecular weight is 239 g/mol. The number of likely N-dealkylation sites (tertiary alicyclic amines) is 1. The Morgan fingerprint density at radius 2 is 2.25 bits per heavy atom. The molecule has 2 heterocycles. The fourth-order valence-corrected chi connectivity index (χ4v) is 2.55. The van der Waals surface area contributed by atoms with Crippen molar-refractivity contribution in [3.05, 3.63) is 21.9 Å². The van der Waals surface area contributed by atoms with E-state index in [1.165, 1.54) is 16.2 Å². The van der Waals surface area contributed by atoms with Gasteiger partial charge in [0.25, 0.3) is 5.91 Å². The minimum absolute atomic E-state index is 0.0636. The predicted molar refractivity (Wildman–Crippen MR) is 60.1 cm³/mol. The van der Waals surface area contributed by atoms with Crippen LogP contribution in [0, 0.1) is 0 Å². The van der Waals surface area contributed by atoms with Crippen LogP contribution in [0.3, 0.4) is 0 Å². The lowest BCUT2D eigenvalue weighted by Gasteiger charge is -2.24. The highest BCUT2D eigenvalue weighted by atomic mass is 32.1. The molecule has 1 aliphatic heterocycles. The molecule has 2 amide bonds. The van der Waals surface area contributed by atoms with E-state index >= 15 is 0 Å². The summed E-state index contributed by atoms with van der Waals surface area (Å²) in [5.41, 5.74) is 0. The van der Waals surface area contributed by atoms with Crippen LogP contribution in [0.15, 0.2) is 12.1 Å². The zero-order valence-corrected chi connectivity index (χ0v) is 9.63. The van der Waals surface area contributed by atoms with Gasteiger partial charge in [-0.2, -0.15) is 0 Å². The number of hydrogen-bond donors (Lipinski definition) is 1. The summed E-state index contributed by atoms with van der Waals surface area (Å²) < 4.78 is 0. The summed E-state index contributed by atoms with van der Waals surface area (Å²) in [7, 11) is 0. The van der Waals surface area contributed by atoms with E-state index in [4.69, 9.17) is 5.11 Å². The summed E-state index contributed by atoms with van der Waals surface area (Å²) in [6, 6.07) is 3.38. The lowest BCUT2D eigenvalue weighted by Crippen LogP contribution is -2.39. The number of imide groups is 1. The Morgan fingerprint density at radius 3 is 2.88 bits per heavy atom. The first-order valence-electron chi connectivity index (χ1n) is 5.26. The van der Waals surface area contributed by atoms with Crippen molar-refractivity contribution in [1.29, 1.82) is 0 Å². The largest absolute Gasteiger partial charge is 0.391 e. The second-order valence-corrected chi connectivity index (χ2v) is 4.90. The molecule has 0 aromatic carbocycles. The molecule has 0 unspecified atom stereocenters. The van der Waals surface area contributed by atoms with Gasteiger partial charge in [0.05, 0.1) is 11.5 Å². The SMILES string of the molecule is O=C1CCCCN1C(=O)c1ccc(CO)s1. The Kier molecular flexibility index (Phi) is 3.36. The highest BCUT2D eigenvalue weighted by Crippen LogP contribution is 2.21. The van der Waals surface area contributed by atoms with Gasteiger partial charge in [0.2, 0.25) is 5.91 Å². The molecule has 1 saturated heterocycles. The van der Waals surface area contributed by atoms with Gasteiger partial charge >= 0.3 is 0 Å². The molecule has 1 aromatic rings. The van der Waals surface area contributed by atoms with Crippen LogP contribution in [0.1, 0.15) is 33.8 Å². The van der Waals surface area contributed by atoms with Crippen LogP contribution in [-0.2, 0) is 11.4 Å². The van der Waals surface area contributed by atoms with Crippen LogP contribution in [-0.4, -0.2) is 28.4 Å². The van der Waals surface area contributed by atoms with Crippen LogP contribution >= 0.6 is 11.3 Å². The summed E-state index contributed by atoms with van der Waals surface area (Å²) >= 11 is 1.24. The van der Waals surface area contributed by atoms with Crippen molar-refractivity contribution in [1.82, 2.24) is 4.90 Å². The van der Waals surface area contributed by atoms with Crippen molar-refractivity contribution in [3.8, 4) is 0 Å². The Morgan fingerprint density at radius 1 is 1.44 bits per heavy atom. The number of piperidine rings is 1. The van der Waals surface area contributed by atoms with Gasteiger partial charge in [0, 0.05) is 17.8 Å². The molecule has 0 atom stereocenters. The number of aliphatic hydroxyl groups excluding tert-OH is 1. The first-order chi connectivity index (χ1) is 7.72. The Hall–Kier alpha value is -1.20. The van der Waals surface area contributed by atoms with Gasteiger partial charge < -0.3 is 5.11 Å². The van der Waals surface area contributed by atoms with Crippen molar-refractivity contribution in [3.63, 3.8) is 0 Å². The Labute approximate surface area is 97.5 Å². The molecule has 1 aromatic heterocycles. The van der Waals surface area contributed by atoms with E-state index in [9.17, 15) is 9.59 Å². The van der Waals surface area contributed by atoms with Gasteiger partial charge in [0.1, 0.15) is 0 Å². The molecule has 1 N–H and O–H groups in total. The lowest BCUT2D eigenvalue weighted by molar-refractivity contribution is -0.130. The summed E-state index contributed by atoms with van der Waals surface area (Å²) in [5, 5.41) is 8.91. The van der Waals surface area contributed by atoms with Gasteiger partial charge in [-0.3, -0.25) is 14.5 Å². The maximum absolute atomic E-state index is 12.0. The Balaban J connectivity index is 2.14. The fraction of sp³-hybridized carbons (Fsp3) is 0.455. The molecule has 1 aliphatic rings. The number of nitrogens with zero attached hydrogens (tertiary/aromatic N) is 1. The third kappa shape index (κ3) is 2.15. The normalized spacial score (nSPS) is 16.6. The summed E-state index contributed by atoms with van der Waals surface area (Å²) in [6.45, 7) is 0.454. The quantitative estimate of drug-likeness (QED) is 0.793. The Bertz CT molecular complexity index is 413. The van der Waals surface area contributed by atoms with Crippen molar-refractivity contribution in [2.24, 2.45) is 0 Å². The van der Waals surface area contributed by atoms with E-state index in [0.29, 0.717) is 17.8 Å². The number of hydrogen-bond acceptors (Lipinski definition) is 4. The zero-order chi connectivity index (χ0) is 11.5. The van der Waals surface area contributed by atoms with Gasteiger partial charge in [-0.15, -0.1) is 11.3 Å². The molecule has 0 radical (unpaired) electrons. The molecular weight excluding hydrogens is 226 g/mol. The smallest absolute Gasteiger partial charge is 0.270 e. The highest BCUT2D eigenvalue weighted by Gasteiger charge is 2.26. The standard InChI is InChI=1S/C11H13NO3S/c13-7-8-4-5-9(16-8)11(15)12-6-2-1-3-10(12)14/h4-5,13H,1-3,6-7H2. The van der Waals surface area contributed by atoms with Crippen LogP contribution < -0.4 is 0 Å². The van der Waals surface area contributed by atoms with Crippen LogP contribution in [0.4, 0.5) is 0 Å². The summed E-state index contributed by atoms with van der Waals surface area (Å²) in [4.78, 5) is 26.1. The maximum atomic E-state index is 12.0. The fourth-order valence-electron chi connectivity index (χ4n) is 1.73. The summed E-state index contributed by atoms with van der Waals surface area (Å²) in [5.74, 6) is -0.315. The number of carbonyl (C=O) groups is 2. The number of aliphatic hydroxyl groups is 1. The van der Waals surface area contributed by atoms with E-state index < -0.39 is 0 Å². The van der Waals surface area contributed by atoms with Crippen molar-refractivity contribution in [2.45, 2.75) is 25.9 Å². The van der Waals surface area contributed by atoms with E-state index in [1.54, 1.807) is 12.1 Å². The zero-order valence-electron chi connectivity index (χ0n) is 8.81. The molecule has 4 nitrogen and oxygen atoms in total. The van der Waals surface area contributed by atoms with Crippen LogP contribution in [0.2, 0.25) is 0 Å². The molecule has 0 bridgehead atoms. The van der Waals surface area contributed by atoms with Gasteiger partial charge in [-0.1, -0.05) is 0 Å². The highest BCUT2D eigenvalue weighted by molar-refractivity contribution is 7.14. The van der Waals surface area contributed by atoms with Crippen molar-refractivity contribution >= 4 is 23.2 Å². The van der Waals surface area contributed by atoms with Crippen LogP contribution in [0.5, 0.6) is 0 Å². The number of carbonyl (C=O) groups excluding carboxylic acids is 2. The van der Waals surface area contributed by atoms with E-state index in [0.717, 1.165) is 17.7 Å². The van der Waals surface area contributed by atoms with E-state index in [1.807, 2.05) is 0 Å². The molecule has 1 fully saturated rings. The minimum atomic E-state index is -0.227. The van der Waals surface area contributed by atoms with Crippen LogP contribution in [0.25, 0.3) is 0 Å². The third-order valence-corrected chi connectivity index (χ3v) is 3.65. The van der Waals surface area contributed by atoms with Crippen molar-refractivity contribution < 1.29 is 14.7 Å². The predicted octanol–water partition coefficient (Wildman–Crippen LogP) is 1.39. The van der Waals surface area contributed by atoms with Gasteiger partial charge in [0.15, 0.2) is 0 Å². The molecular formula is C11H13NO3S. The van der Waals surface area contributed by atoms with Gasteiger partial charge in [-0.05, 0) is 25.0 Å². The third-order valence-electron chi connectivity index (χ3n) is 2.60. The van der Waals surface area contributed by atoms with Gasteiger partial charge in [-0.25, -0.2) is 0 Å². The van der Waals surface area contributed by atoms with E-state index in [-0.39, 0.29) is 18.4 Å². The minimum Gasteiger partial charge on any atom is -0.391 e. The molecule has 5 heteroatoms. The lowest BCUT2D eigenvalue weighted by atomic mass is 10.1. The number of rotatable bonds is 2. The first-order valence-corrected chi connectivity index (χ1v) is 6.08. The van der Waals surface area contributed by atoms with E-state index in [2.05, 4.69) is 0 Å². The maximum Gasteiger partial charge on any atom is 0.270 e. The van der Waals surface area contributed by atoms with Crippen molar-refractivity contribution in [2.75, 3.05) is 6.54 Å². The number of thiophene rings is 1. The molecule has 0 saturated carbocycles. The number of amides is 2. The molecule has 0 spiro atoms. The topological polar surface area (TPSA) is 57.6 Å². The monoisotopic (exact) mass is 239 g/mol. The molecule has 86 valence electrons. The first kappa shape index (κ1) is 11.3. The average Bonchev–Trinajstić information content (AvgIpc) is 2.77.